The van der Waals surface area contributed by atoms with Crippen molar-refractivity contribution in [2.24, 2.45) is 0 Å². The van der Waals surface area contributed by atoms with Crippen LogP contribution in [-0.2, 0) is 6.54 Å². The molecule has 96 valence electrons. The van der Waals surface area contributed by atoms with E-state index in [2.05, 4.69) is 5.32 Å². The highest BCUT2D eigenvalue weighted by Crippen LogP contribution is 2.34. The third-order valence-corrected chi connectivity index (χ3v) is 3.08. The van der Waals surface area contributed by atoms with Gasteiger partial charge in [0, 0.05) is 12.6 Å². The van der Waals surface area contributed by atoms with Gasteiger partial charge in [-0.25, -0.2) is 0 Å². The van der Waals surface area contributed by atoms with E-state index in [-0.39, 0.29) is 12.4 Å². The molecule has 0 bridgehead atoms. The van der Waals surface area contributed by atoms with Gasteiger partial charge in [-0.05, 0) is 37.5 Å². The standard InChI is InChI=1S/C12H15Cl2NO.ClH/c1-2-16-12-10(13)5-8(6-11(12)14)7-15-9-3-4-9;/h5-6,9,15H,2-4,7H2,1H3;1H. The molecule has 1 saturated carbocycles. The van der Waals surface area contributed by atoms with Crippen LogP contribution in [0.1, 0.15) is 25.3 Å². The second-order valence-electron chi connectivity index (χ2n) is 3.98. The van der Waals surface area contributed by atoms with Crippen LogP contribution >= 0.6 is 35.6 Å². The van der Waals surface area contributed by atoms with Gasteiger partial charge < -0.3 is 10.1 Å². The Bertz CT molecular complexity index is 357. The van der Waals surface area contributed by atoms with Crippen molar-refractivity contribution in [3.63, 3.8) is 0 Å². The first-order chi connectivity index (χ1) is 7.70. The quantitative estimate of drug-likeness (QED) is 0.884. The molecule has 1 aromatic carbocycles. The number of nitrogens with one attached hydrogen (secondary N) is 1. The lowest BCUT2D eigenvalue weighted by molar-refractivity contribution is 0.340. The van der Waals surface area contributed by atoms with E-state index in [1.165, 1.54) is 12.8 Å². The number of rotatable bonds is 5. The first-order valence-corrected chi connectivity index (χ1v) is 6.30. The van der Waals surface area contributed by atoms with Crippen LogP contribution in [0.3, 0.4) is 0 Å². The number of hydrogen-bond acceptors (Lipinski definition) is 2. The van der Waals surface area contributed by atoms with Crippen LogP contribution in [0.5, 0.6) is 5.75 Å². The Morgan fingerprint density at radius 1 is 1.29 bits per heavy atom. The van der Waals surface area contributed by atoms with Gasteiger partial charge in [0.1, 0.15) is 0 Å². The maximum Gasteiger partial charge on any atom is 0.156 e. The summed E-state index contributed by atoms with van der Waals surface area (Å²) in [5.74, 6) is 0.584. The summed E-state index contributed by atoms with van der Waals surface area (Å²) in [6.45, 7) is 3.30. The SMILES string of the molecule is CCOc1c(Cl)cc(CNC2CC2)cc1Cl.Cl. The Hall–Kier alpha value is -0.150. The molecular weight excluding hydrogens is 280 g/mol. The summed E-state index contributed by atoms with van der Waals surface area (Å²) in [6, 6.07) is 4.51. The van der Waals surface area contributed by atoms with Gasteiger partial charge in [0.15, 0.2) is 5.75 Å². The topological polar surface area (TPSA) is 21.3 Å². The van der Waals surface area contributed by atoms with Crippen LogP contribution in [0.2, 0.25) is 10.0 Å². The van der Waals surface area contributed by atoms with E-state index in [1.807, 2.05) is 19.1 Å². The highest BCUT2D eigenvalue weighted by atomic mass is 35.5. The second kappa shape index (κ2) is 6.69. The third-order valence-electron chi connectivity index (χ3n) is 2.52. The van der Waals surface area contributed by atoms with E-state index in [1.54, 1.807) is 0 Å². The molecule has 0 spiro atoms. The lowest BCUT2D eigenvalue weighted by Gasteiger charge is -2.10. The molecule has 1 N–H and O–H groups in total. The van der Waals surface area contributed by atoms with Crippen molar-refractivity contribution in [3.05, 3.63) is 27.7 Å². The largest absolute Gasteiger partial charge is 0.491 e. The predicted molar refractivity (Wildman–Crippen MR) is 74.7 cm³/mol. The Labute approximate surface area is 118 Å². The number of hydrogen-bond donors (Lipinski definition) is 1. The molecule has 2 rings (SSSR count). The highest BCUT2D eigenvalue weighted by Gasteiger charge is 2.20. The normalized spacial score (nSPS) is 14.3. The Balaban J connectivity index is 0.00000144. The number of ether oxygens (including phenoxy) is 1. The van der Waals surface area contributed by atoms with Crippen molar-refractivity contribution in [1.82, 2.24) is 5.32 Å². The van der Waals surface area contributed by atoms with Gasteiger partial charge in [0.25, 0.3) is 0 Å². The van der Waals surface area contributed by atoms with E-state index in [0.717, 1.165) is 12.1 Å². The first kappa shape index (κ1) is 14.9. The molecule has 0 aromatic heterocycles. The highest BCUT2D eigenvalue weighted by molar-refractivity contribution is 6.37. The van der Waals surface area contributed by atoms with Crippen LogP contribution < -0.4 is 10.1 Å². The van der Waals surface area contributed by atoms with Gasteiger partial charge in [-0.1, -0.05) is 23.2 Å². The van der Waals surface area contributed by atoms with Crippen molar-refractivity contribution in [2.45, 2.75) is 32.4 Å². The molecule has 2 nitrogen and oxygen atoms in total. The van der Waals surface area contributed by atoms with Crippen molar-refractivity contribution in [3.8, 4) is 5.75 Å². The minimum Gasteiger partial charge on any atom is -0.491 e. The summed E-state index contributed by atoms with van der Waals surface area (Å²) in [7, 11) is 0. The molecule has 0 saturated heterocycles. The Morgan fingerprint density at radius 2 is 1.88 bits per heavy atom. The zero-order chi connectivity index (χ0) is 11.5. The smallest absolute Gasteiger partial charge is 0.156 e. The summed E-state index contributed by atoms with van der Waals surface area (Å²) in [6.07, 6.45) is 2.55. The van der Waals surface area contributed by atoms with Crippen molar-refractivity contribution in [2.75, 3.05) is 6.61 Å². The molecule has 0 radical (unpaired) electrons. The average Bonchev–Trinajstić information content (AvgIpc) is 3.04. The molecule has 0 aliphatic heterocycles. The monoisotopic (exact) mass is 295 g/mol. The summed E-state index contributed by atoms with van der Waals surface area (Å²) in [5.41, 5.74) is 1.10. The molecule has 0 heterocycles. The molecular formula is C12H16Cl3NO. The van der Waals surface area contributed by atoms with Gasteiger partial charge in [0.05, 0.1) is 16.7 Å². The zero-order valence-electron chi connectivity index (χ0n) is 9.63. The van der Waals surface area contributed by atoms with Crippen molar-refractivity contribution >= 4 is 35.6 Å². The van der Waals surface area contributed by atoms with Gasteiger partial charge >= 0.3 is 0 Å². The summed E-state index contributed by atoms with van der Waals surface area (Å²) < 4.78 is 5.38. The van der Waals surface area contributed by atoms with Crippen LogP contribution in [0.15, 0.2) is 12.1 Å². The number of benzene rings is 1. The minimum atomic E-state index is 0. The summed E-state index contributed by atoms with van der Waals surface area (Å²) in [4.78, 5) is 0. The van der Waals surface area contributed by atoms with Crippen LogP contribution in [0.25, 0.3) is 0 Å². The molecule has 1 aliphatic carbocycles. The molecule has 17 heavy (non-hydrogen) atoms. The average molecular weight is 297 g/mol. The molecule has 5 heteroatoms. The van der Waals surface area contributed by atoms with Gasteiger partial charge in [-0.15, -0.1) is 12.4 Å². The van der Waals surface area contributed by atoms with E-state index in [9.17, 15) is 0 Å². The number of halogens is 3. The lowest BCUT2D eigenvalue weighted by Crippen LogP contribution is -2.15. The maximum atomic E-state index is 6.11. The molecule has 0 amide bonds. The van der Waals surface area contributed by atoms with Crippen LogP contribution in [-0.4, -0.2) is 12.6 Å². The van der Waals surface area contributed by atoms with Crippen LogP contribution in [0, 0.1) is 0 Å². The van der Waals surface area contributed by atoms with Gasteiger partial charge in [-0.2, -0.15) is 0 Å². The van der Waals surface area contributed by atoms with E-state index >= 15 is 0 Å². The molecule has 1 fully saturated rings. The zero-order valence-corrected chi connectivity index (χ0v) is 12.0. The fourth-order valence-corrected chi connectivity index (χ4v) is 2.19. The fraction of sp³-hybridized carbons (Fsp3) is 0.500. The molecule has 0 atom stereocenters. The van der Waals surface area contributed by atoms with Gasteiger partial charge in [0.2, 0.25) is 0 Å². The summed E-state index contributed by atoms with van der Waals surface area (Å²) >= 11 is 12.2. The van der Waals surface area contributed by atoms with Gasteiger partial charge in [-0.3, -0.25) is 0 Å². The van der Waals surface area contributed by atoms with E-state index < -0.39 is 0 Å². The second-order valence-corrected chi connectivity index (χ2v) is 4.79. The fourth-order valence-electron chi connectivity index (χ4n) is 1.55. The van der Waals surface area contributed by atoms with Crippen molar-refractivity contribution in [1.29, 1.82) is 0 Å². The minimum absolute atomic E-state index is 0. The predicted octanol–water partition coefficient (Wildman–Crippen LogP) is 4.07. The van der Waals surface area contributed by atoms with Crippen LogP contribution in [0.4, 0.5) is 0 Å². The Morgan fingerprint density at radius 3 is 2.35 bits per heavy atom. The first-order valence-electron chi connectivity index (χ1n) is 5.54. The van der Waals surface area contributed by atoms with Crippen molar-refractivity contribution < 1.29 is 4.74 Å². The Kier molecular flexibility index (Phi) is 5.87. The maximum absolute atomic E-state index is 6.11. The molecule has 1 aromatic rings. The van der Waals surface area contributed by atoms with E-state index in [0.29, 0.717) is 28.4 Å². The van der Waals surface area contributed by atoms with E-state index in [4.69, 9.17) is 27.9 Å². The molecule has 1 aliphatic rings. The molecule has 0 unspecified atom stereocenters. The third kappa shape index (κ3) is 4.22. The summed E-state index contributed by atoms with van der Waals surface area (Å²) in [5, 5.41) is 4.59. The lowest BCUT2D eigenvalue weighted by atomic mass is 10.2.